The highest BCUT2D eigenvalue weighted by Crippen LogP contribution is 2.20. The number of carbonyl (C=O) groups is 2. The number of aliphatic imine (C=N–C) groups is 2. The minimum absolute atomic E-state index is 0.0908. The van der Waals surface area contributed by atoms with E-state index in [1.54, 1.807) is 20.0 Å². The van der Waals surface area contributed by atoms with Crippen LogP contribution in [0.3, 0.4) is 0 Å². The van der Waals surface area contributed by atoms with Gasteiger partial charge in [0.2, 0.25) is 5.91 Å². The van der Waals surface area contributed by atoms with Crippen LogP contribution in [0.4, 0.5) is 5.82 Å². The van der Waals surface area contributed by atoms with Crippen molar-refractivity contribution in [3.8, 4) is 5.75 Å². The van der Waals surface area contributed by atoms with Gasteiger partial charge in [0.05, 0.1) is 18.7 Å². The minimum atomic E-state index is -0.576. The number of amidine groups is 1. The van der Waals surface area contributed by atoms with Crippen molar-refractivity contribution in [3.63, 3.8) is 0 Å². The van der Waals surface area contributed by atoms with Gasteiger partial charge in [0.15, 0.2) is 0 Å². The molecule has 30 heavy (non-hydrogen) atoms. The van der Waals surface area contributed by atoms with E-state index in [-0.39, 0.29) is 24.2 Å². The average Bonchev–Trinajstić information content (AvgIpc) is 3.26. The monoisotopic (exact) mass is 407 g/mol. The van der Waals surface area contributed by atoms with Crippen LogP contribution in [0.25, 0.3) is 0 Å². The van der Waals surface area contributed by atoms with Crippen molar-refractivity contribution < 1.29 is 14.3 Å². The van der Waals surface area contributed by atoms with Crippen LogP contribution in [0.5, 0.6) is 5.75 Å². The van der Waals surface area contributed by atoms with E-state index in [9.17, 15) is 9.59 Å². The molecule has 0 spiro atoms. The molecule has 10 nitrogen and oxygen atoms in total. The number of carbonyl (C=O) groups excluding carboxylic acids is 2. The van der Waals surface area contributed by atoms with E-state index in [4.69, 9.17) is 4.74 Å². The van der Waals surface area contributed by atoms with Gasteiger partial charge in [0, 0.05) is 19.3 Å². The smallest absolute Gasteiger partial charge is 0.265 e. The topological polar surface area (TPSA) is 114 Å². The molecule has 2 aliphatic rings. The normalized spacial score (nSPS) is 17.5. The molecule has 154 valence electrons. The molecule has 10 heteroatoms. The fourth-order valence-corrected chi connectivity index (χ4v) is 3.18. The first-order valence-corrected chi connectivity index (χ1v) is 9.52. The Morgan fingerprint density at radius 1 is 1.23 bits per heavy atom. The number of aromatic nitrogens is 2. The highest BCUT2D eigenvalue weighted by atomic mass is 16.5. The second-order valence-electron chi connectivity index (χ2n) is 6.87. The van der Waals surface area contributed by atoms with E-state index in [1.807, 2.05) is 31.2 Å². The fraction of sp³-hybridized carbons (Fsp3) is 0.300. The van der Waals surface area contributed by atoms with E-state index in [0.717, 1.165) is 11.3 Å². The molecular weight excluding hydrogens is 386 g/mol. The number of hydrazone groups is 1. The summed E-state index contributed by atoms with van der Waals surface area (Å²) in [4.78, 5) is 33.4. The highest BCUT2D eigenvalue weighted by molar-refractivity contribution is 6.24. The molecule has 4 rings (SSSR count). The molecule has 0 saturated heterocycles. The first-order valence-electron chi connectivity index (χ1n) is 9.52. The summed E-state index contributed by atoms with van der Waals surface area (Å²) < 4.78 is 6.78. The first-order chi connectivity index (χ1) is 14.4. The number of rotatable bonds is 5. The summed E-state index contributed by atoms with van der Waals surface area (Å²) in [6.07, 6.45) is 1.69. The van der Waals surface area contributed by atoms with Gasteiger partial charge < -0.3 is 10.1 Å². The molecule has 1 aromatic carbocycles. The summed E-state index contributed by atoms with van der Waals surface area (Å²) in [5.74, 6) is 0.539. The molecule has 2 aromatic rings. The van der Waals surface area contributed by atoms with Gasteiger partial charge in [-0.25, -0.2) is 0 Å². The lowest BCUT2D eigenvalue weighted by Gasteiger charge is -2.17. The van der Waals surface area contributed by atoms with Crippen LogP contribution in [-0.4, -0.2) is 58.3 Å². The summed E-state index contributed by atoms with van der Waals surface area (Å²) in [6, 6.07) is 9.05. The number of aryl methyl sites for hydroxylation is 1. The molecule has 1 unspecified atom stereocenters. The van der Waals surface area contributed by atoms with Gasteiger partial charge in [-0.1, -0.05) is 12.1 Å². The highest BCUT2D eigenvalue weighted by Gasteiger charge is 2.35. The number of hydrogen-bond acceptors (Lipinski definition) is 7. The zero-order valence-electron chi connectivity index (χ0n) is 16.9. The lowest BCUT2D eigenvalue weighted by atomic mass is 10.1. The van der Waals surface area contributed by atoms with Gasteiger partial charge in [0.25, 0.3) is 11.9 Å². The lowest BCUT2D eigenvalue weighted by Crippen LogP contribution is -2.35. The zero-order valence-corrected chi connectivity index (χ0v) is 16.9. The van der Waals surface area contributed by atoms with Gasteiger partial charge in [-0.3, -0.25) is 14.6 Å². The molecule has 0 bridgehead atoms. The quantitative estimate of drug-likeness (QED) is 0.806. The Hall–Kier alpha value is -3.82. The number of anilines is 1. The summed E-state index contributed by atoms with van der Waals surface area (Å²) in [6.45, 7) is 4.28. The van der Waals surface area contributed by atoms with Crippen molar-refractivity contribution in [2.75, 3.05) is 19.0 Å². The van der Waals surface area contributed by atoms with Gasteiger partial charge in [-0.05, 0) is 31.5 Å². The zero-order chi connectivity index (χ0) is 21.3. The van der Waals surface area contributed by atoms with Gasteiger partial charge >= 0.3 is 0 Å². The fourth-order valence-electron chi connectivity index (χ4n) is 3.18. The minimum Gasteiger partial charge on any atom is -0.494 e. The Morgan fingerprint density at radius 3 is 2.73 bits per heavy atom. The molecule has 0 radical (unpaired) electrons. The molecular formula is C20H21N7O3. The number of hydrogen-bond donors (Lipinski definition) is 1. The van der Waals surface area contributed by atoms with Crippen LogP contribution in [-0.2, 0) is 16.0 Å². The van der Waals surface area contributed by atoms with Crippen molar-refractivity contribution in [3.05, 3.63) is 41.6 Å². The molecule has 1 atom stereocenters. The number of benzene rings is 1. The SMILES string of the molecule is CCOc1ccc(CC(=O)Nc2cc(C)nn2C2=NC(=O)C3C=NN(C)C3=N2)cc1. The summed E-state index contributed by atoms with van der Waals surface area (Å²) in [7, 11) is 1.71. The molecule has 3 heterocycles. The number of ether oxygens (including phenoxy) is 1. The predicted octanol–water partition coefficient (Wildman–Crippen LogP) is 1.46. The summed E-state index contributed by atoms with van der Waals surface area (Å²) in [5.41, 5.74) is 1.50. The molecule has 1 aromatic heterocycles. The van der Waals surface area contributed by atoms with Crippen molar-refractivity contribution in [1.29, 1.82) is 0 Å². The second-order valence-corrected chi connectivity index (χ2v) is 6.87. The van der Waals surface area contributed by atoms with Crippen LogP contribution in [0.15, 0.2) is 45.4 Å². The number of nitrogens with zero attached hydrogens (tertiary/aromatic N) is 6. The van der Waals surface area contributed by atoms with Crippen LogP contribution >= 0.6 is 0 Å². The summed E-state index contributed by atoms with van der Waals surface area (Å²) in [5, 5.41) is 12.8. The largest absolute Gasteiger partial charge is 0.494 e. The van der Waals surface area contributed by atoms with Crippen LogP contribution in [0.2, 0.25) is 0 Å². The maximum Gasteiger partial charge on any atom is 0.265 e. The van der Waals surface area contributed by atoms with Crippen molar-refractivity contribution in [1.82, 2.24) is 14.8 Å². The van der Waals surface area contributed by atoms with Gasteiger partial charge in [0.1, 0.15) is 23.3 Å². The van der Waals surface area contributed by atoms with Crippen molar-refractivity contribution in [2.24, 2.45) is 21.0 Å². The Kier molecular flexibility index (Phi) is 5.13. The number of nitrogens with one attached hydrogen (secondary N) is 1. The Balaban J connectivity index is 1.52. The lowest BCUT2D eigenvalue weighted by molar-refractivity contribution is -0.118. The van der Waals surface area contributed by atoms with Crippen molar-refractivity contribution >= 4 is 35.6 Å². The van der Waals surface area contributed by atoms with E-state index in [1.165, 1.54) is 15.9 Å². The van der Waals surface area contributed by atoms with Crippen LogP contribution < -0.4 is 10.1 Å². The van der Waals surface area contributed by atoms with E-state index >= 15 is 0 Å². The number of fused-ring (bicyclic) bond motifs is 1. The maximum atomic E-state index is 12.6. The van der Waals surface area contributed by atoms with Crippen LogP contribution in [0.1, 0.15) is 18.2 Å². The maximum absolute atomic E-state index is 12.6. The third-order valence-corrected chi connectivity index (χ3v) is 4.58. The molecule has 2 amide bonds. The average molecular weight is 407 g/mol. The predicted molar refractivity (Wildman–Crippen MR) is 112 cm³/mol. The van der Waals surface area contributed by atoms with Crippen LogP contribution in [0, 0.1) is 12.8 Å². The van der Waals surface area contributed by atoms with E-state index < -0.39 is 5.92 Å². The first kappa shape index (κ1) is 19.5. The molecule has 0 aliphatic carbocycles. The Labute approximate surface area is 173 Å². The molecule has 1 N–H and O–H groups in total. The summed E-state index contributed by atoms with van der Waals surface area (Å²) >= 11 is 0. The standard InChI is InChI=1S/C20H21N7O3/c1-4-30-14-7-5-13(6-8-14)10-17(28)22-16-9-12(2)25-27(16)20-23-18-15(19(29)24-20)11-21-26(18)3/h5-9,11,15H,4,10H2,1-3H3,(H,22,28). The second kappa shape index (κ2) is 7.90. The van der Waals surface area contributed by atoms with E-state index in [0.29, 0.717) is 24.0 Å². The van der Waals surface area contributed by atoms with Crippen molar-refractivity contribution in [2.45, 2.75) is 20.3 Å². The third-order valence-electron chi connectivity index (χ3n) is 4.58. The molecule has 0 saturated carbocycles. The van der Waals surface area contributed by atoms with E-state index in [2.05, 4.69) is 25.5 Å². The Morgan fingerprint density at radius 2 is 2.00 bits per heavy atom. The van der Waals surface area contributed by atoms with Gasteiger partial charge in [-0.15, -0.1) is 0 Å². The third kappa shape index (κ3) is 3.84. The Bertz CT molecular complexity index is 1080. The number of amides is 2. The molecule has 0 fully saturated rings. The van der Waals surface area contributed by atoms with Gasteiger partial charge in [-0.2, -0.15) is 24.9 Å². The molecule has 2 aliphatic heterocycles.